The predicted octanol–water partition coefficient (Wildman–Crippen LogP) is -2.19. The van der Waals surface area contributed by atoms with Gasteiger partial charge in [0.25, 0.3) is 0 Å². The van der Waals surface area contributed by atoms with Crippen molar-refractivity contribution in [2.45, 2.75) is 0 Å². The molecule has 0 aliphatic carbocycles. The molecule has 0 spiro atoms. The molecule has 20 radical (unpaired) electrons. The van der Waals surface area contributed by atoms with Crippen molar-refractivity contribution in [1.29, 1.82) is 0 Å². The van der Waals surface area contributed by atoms with Gasteiger partial charge in [0.05, 0.1) is 11.0 Å². The lowest BCUT2D eigenvalue weighted by Gasteiger charge is -2.21. The summed E-state index contributed by atoms with van der Waals surface area (Å²) in [4.78, 5) is 14.8. The Morgan fingerprint density at radius 1 is 0.389 bits per heavy atom. The normalized spacial score (nSPS) is 11.7. The predicted molar refractivity (Wildman–Crippen MR) is 232 cm³/mol. The highest BCUT2D eigenvalue weighted by Gasteiger charge is 2.22. The van der Waals surface area contributed by atoms with Gasteiger partial charge in [-0.15, -0.1) is 32.8 Å². The van der Waals surface area contributed by atoms with Crippen molar-refractivity contribution < 1.29 is 4.42 Å². The monoisotopic (exact) mass is 664 g/mol. The first-order valence-electron chi connectivity index (χ1n) is 16.7. The van der Waals surface area contributed by atoms with Gasteiger partial charge < -0.3 is 4.42 Å². The second-order valence-corrected chi connectivity index (χ2v) is 13.1. The molecule has 0 fully saturated rings. The minimum atomic E-state index is 0.0768. The van der Waals surface area contributed by atoms with Crippen LogP contribution in [0.25, 0.3) is 83.6 Å². The molecule has 0 unspecified atom stereocenters. The summed E-state index contributed by atoms with van der Waals surface area (Å²) >= 11 is 0. The largest absolute Gasteiger partial charge is 0.456 e. The van der Waals surface area contributed by atoms with Crippen molar-refractivity contribution in [3.05, 3.63) is 84.9 Å². The third kappa shape index (κ3) is 5.04. The van der Waals surface area contributed by atoms with Crippen LogP contribution in [-0.2, 0) is 0 Å². The average molecular weight is 663 g/mol. The molecule has 0 atom stereocenters. The van der Waals surface area contributed by atoms with Crippen molar-refractivity contribution >= 4 is 177 Å². The van der Waals surface area contributed by atoms with E-state index in [-0.39, 0.29) is 66.0 Å². The number of benzene rings is 6. The molecule has 0 bridgehead atoms. The highest BCUT2D eigenvalue weighted by Crippen LogP contribution is 2.35. The maximum atomic E-state index is 6.54. The first kappa shape index (κ1) is 34.4. The summed E-state index contributed by atoms with van der Waals surface area (Å²) in [6, 6.07) is 27.3. The summed E-state index contributed by atoms with van der Waals surface area (Å²) in [7, 11) is 62.9. The van der Waals surface area contributed by atoms with Crippen molar-refractivity contribution in [3.63, 3.8) is 0 Å². The number of hydrogen-bond acceptors (Lipinski definition) is 4. The van der Waals surface area contributed by atoms with E-state index in [1.165, 1.54) is 0 Å². The van der Waals surface area contributed by atoms with E-state index in [0.29, 0.717) is 39.6 Å². The Labute approximate surface area is 324 Å². The van der Waals surface area contributed by atoms with E-state index in [4.69, 9.17) is 97.8 Å². The molecule has 9 rings (SSSR count). The quantitative estimate of drug-likeness (QED) is 0.201. The van der Waals surface area contributed by atoms with Gasteiger partial charge >= 0.3 is 0 Å². The molecule has 15 heteroatoms. The summed E-state index contributed by atoms with van der Waals surface area (Å²) in [6.07, 6.45) is 0. The van der Waals surface area contributed by atoms with E-state index < -0.39 is 0 Å². The summed E-state index contributed by atoms with van der Waals surface area (Å²) in [6.45, 7) is 0. The molecule has 5 nitrogen and oxygen atoms in total. The van der Waals surface area contributed by atoms with Gasteiger partial charge in [-0.05, 0) is 47.5 Å². The first-order valence-corrected chi connectivity index (χ1v) is 16.7. The first-order chi connectivity index (χ1) is 25.9. The summed E-state index contributed by atoms with van der Waals surface area (Å²) in [5.74, 6) is 0.768. The number of furan rings is 1. The molecule has 0 saturated carbocycles. The second-order valence-electron chi connectivity index (χ2n) is 13.1. The van der Waals surface area contributed by atoms with Crippen LogP contribution in [0, 0.1) is 0 Å². The van der Waals surface area contributed by atoms with Crippen molar-refractivity contribution in [2.75, 3.05) is 0 Å². The minimum absolute atomic E-state index is 0.0768. The van der Waals surface area contributed by atoms with Crippen LogP contribution < -0.4 is 54.6 Å². The van der Waals surface area contributed by atoms with E-state index in [1.807, 2.05) is 77.4 Å². The van der Waals surface area contributed by atoms with E-state index in [2.05, 4.69) is 12.1 Å². The zero-order chi connectivity index (χ0) is 37.7. The number of fused-ring (bicyclic) bond motifs is 6. The number of para-hydroxylation sites is 2. The molecule has 0 aliphatic rings. The molecule has 0 aliphatic heterocycles. The summed E-state index contributed by atoms with van der Waals surface area (Å²) in [5.41, 5.74) is 6.25. The minimum Gasteiger partial charge on any atom is -0.456 e. The Morgan fingerprint density at radius 2 is 0.815 bits per heavy atom. The van der Waals surface area contributed by atoms with Crippen LogP contribution in [0.4, 0.5) is 0 Å². The Balaban J connectivity index is 1.27. The van der Waals surface area contributed by atoms with Crippen molar-refractivity contribution in [2.24, 2.45) is 0 Å². The maximum Gasteiger partial charge on any atom is 0.238 e. The fourth-order valence-corrected chi connectivity index (χ4v) is 7.17. The molecular formula is C39H14B10N4O. The van der Waals surface area contributed by atoms with Gasteiger partial charge in [-0.2, -0.15) is 9.97 Å². The summed E-state index contributed by atoms with van der Waals surface area (Å²) < 4.78 is 8.39. The molecule has 226 valence electrons. The van der Waals surface area contributed by atoms with E-state index in [0.717, 1.165) is 32.6 Å². The Bertz CT molecular complexity index is 2970. The number of hydrogen-bond donors (Lipinski definition) is 0. The third-order valence-corrected chi connectivity index (χ3v) is 10.0. The highest BCUT2D eigenvalue weighted by molar-refractivity contribution is 6.69. The average Bonchev–Trinajstić information content (AvgIpc) is 3.73. The molecule has 3 aromatic heterocycles. The molecular weight excluding hydrogens is 649 g/mol. The van der Waals surface area contributed by atoms with Crippen LogP contribution in [0.5, 0.6) is 0 Å². The highest BCUT2D eigenvalue weighted by atomic mass is 16.3. The Hall–Kier alpha value is -5.42. The van der Waals surface area contributed by atoms with E-state index in [1.54, 1.807) is 0 Å². The number of nitrogens with zero attached hydrogens (tertiary/aromatic N) is 4. The van der Waals surface area contributed by atoms with Crippen LogP contribution in [0.1, 0.15) is 0 Å². The Morgan fingerprint density at radius 3 is 1.35 bits per heavy atom. The van der Waals surface area contributed by atoms with Crippen LogP contribution in [0.15, 0.2) is 89.3 Å². The maximum absolute atomic E-state index is 6.54. The smallest absolute Gasteiger partial charge is 0.238 e. The topological polar surface area (TPSA) is 56.7 Å². The van der Waals surface area contributed by atoms with Crippen LogP contribution in [0.3, 0.4) is 0 Å². The number of rotatable bonds is 4. The van der Waals surface area contributed by atoms with Gasteiger partial charge in [0.2, 0.25) is 5.95 Å². The fourth-order valence-electron chi connectivity index (χ4n) is 7.17. The van der Waals surface area contributed by atoms with Gasteiger partial charge in [-0.3, -0.25) is 4.57 Å². The van der Waals surface area contributed by atoms with Crippen LogP contribution in [0.2, 0.25) is 0 Å². The Kier molecular flexibility index (Phi) is 8.00. The zero-order valence-electron chi connectivity index (χ0n) is 28.6. The van der Waals surface area contributed by atoms with E-state index in [9.17, 15) is 0 Å². The molecule has 3 heterocycles. The fraction of sp³-hybridized carbons (Fsp3) is 0. The molecule has 54 heavy (non-hydrogen) atoms. The second kappa shape index (κ2) is 12.6. The molecule has 6 aromatic carbocycles. The van der Waals surface area contributed by atoms with Gasteiger partial charge in [-0.1, -0.05) is 70.4 Å². The van der Waals surface area contributed by atoms with E-state index >= 15 is 0 Å². The van der Waals surface area contributed by atoms with Crippen LogP contribution >= 0.6 is 0 Å². The lowest BCUT2D eigenvalue weighted by atomic mass is 9.59. The molecule has 0 saturated heterocycles. The lowest BCUT2D eigenvalue weighted by molar-refractivity contribution is 0.669. The number of aromatic nitrogens is 4. The van der Waals surface area contributed by atoms with Gasteiger partial charge in [0, 0.05) is 32.7 Å². The van der Waals surface area contributed by atoms with Gasteiger partial charge in [0.15, 0.2) is 11.6 Å². The van der Waals surface area contributed by atoms with Crippen molar-refractivity contribution in [1.82, 2.24) is 19.5 Å². The van der Waals surface area contributed by atoms with Crippen molar-refractivity contribution in [3.8, 4) is 39.9 Å². The van der Waals surface area contributed by atoms with Gasteiger partial charge in [0.1, 0.15) is 89.6 Å². The van der Waals surface area contributed by atoms with Crippen LogP contribution in [-0.4, -0.2) is 98.0 Å². The molecule has 0 N–H and O–H groups in total. The molecule has 0 amide bonds. The zero-order valence-corrected chi connectivity index (χ0v) is 28.6. The third-order valence-electron chi connectivity index (χ3n) is 10.0. The summed E-state index contributed by atoms with van der Waals surface area (Å²) in [5, 5.41) is 3.74. The molecule has 9 aromatic rings. The standard InChI is InChI=1S/C39H14B10N4O/c40-27-25(28(41)32(45)35(48)31(27)44)15-9-11-19-20-12-10-16(14-24(20)54-23(19)13-15)37-50-38(26-29(42)33(46)36(49)34(47)30(26)43)52-39(51-37)53-21-7-3-1-5-17(21)18-6-2-4-8-22(18)53/h1-14H. The van der Waals surface area contributed by atoms with Gasteiger partial charge in [-0.25, -0.2) is 4.98 Å². The SMILES string of the molecule is [B]c1c([B])c([B])c(-c2ccc3c(c2)oc2cc(-c4nc(-c5c([B])c([B])c([B])c([B])c5[B])nc(-n5c6ccccc6c6ccccc65)n4)ccc23)c([B])c1[B]. The lowest BCUT2D eigenvalue weighted by Crippen LogP contribution is -2.55.